The largest absolute Gasteiger partial charge is 0.423 e. The summed E-state index contributed by atoms with van der Waals surface area (Å²) in [6.45, 7) is 3.96. The van der Waals surface area contributed by atoms with Crippen LogP contribution in [-0.4, -0.2) is 12.5 Å². The van der Waals surface area contributed by atoms with Gasteiger partial charge in [-0.3, -0.25) is 4.79 Å². The summed E-state index contributed by atoms with van der Waals surface area (Å²) < 4.78 is 5.13. The Morgan fingerprint density at radius 1 is 1.30 bits per heavy atom. The molecule has 0 spiro atoms. The second-order valence-electron chi connectivity index (χ2n) is 4.91. The van der Waals surface area contributed by atoms with Crippen LogP contribution in [0.1, 0.15) is 19.4 Å². The van der Waals surface area contributed by atoms with Crippen molar-refractivity contribution in [2.45, 2.75) is 19.3 Å². The summed E-state index contributed by atoms with van der Waals surface area (Å²) in [4.78, 5) is 25.3. The van der Waals surface area contributed by atoms with Gasteiger partial charge in [-0.15, -0.1) is 0 Å². The molecule has 1 aliphatic heterocycles. The second-order valence-corrected chi connectivity index (χ2v) is 4.91. The maximum Gasteiger partial charge on any atom is 0.336 e. The van der Waals surface area contributed by atoms with Gasteiger partial charge in [0, 0.05) is 29.2 Å². The van der Waals surface area contributed by atoms with Crippen molar-refractivity contribution in [1.82, 2.24) is 0 Å². The summed E-state index contributed by atoms with van der Waals surface area (Å²) in [5.74, 6) is -0.240. The van der Waals surface area contributed by atoms with E-state index in [0.717, 1.165) is 0 Å². The third-order valence-corrected chi connectivity index (χ3v) is 3.78. The molecule has 0 saturated heterocycles. The zero-order chi connectivity index (χ0) is 14.5. The van der Waals surface area contributed by atoms with Gasteiger partial charge in [-0.2, -0.15) is 5.26 Å². The van der Waals surface area contributed by atoms with Gasteiger partial charge in [0.05, 0.1) is 6.07 Å². The summed E-state index contributed by atoms with van der Waals surface area (Å²) in [5.41, 5.74) is 0.0253. The van der Waals surface area contributed by atoms with Crippen molar-refractivity contribution < 1.29 is 9.21 Å². The van der Waals surface area contributed by atoms with Crippen LogP contribution in [0.25, 0.3) is 11.0 Å². The van der Waals surface area contributed by atoms with Crippen LogP contribution in [0.2, 0.25) is 0 Å². The fourth-order valence-electron chi connectivity index (χ4n) is 2.79. The topological polar surface area (TPSA) is 74.3 Å². The Morgan fingerprint density at radius 2 is 2.05 bits per heavy atom. The minimum Gasteiger partial charge on any atom is -0.423 e. The molecule has 100 valence electrons. The highest BCUT2D eigenvalue weighted by molar-refractivity contribution is 6.14. The average molecular weight is 268 g/mol. The Balaban J connectivity index is 2.46. The van der Waals surface area contributed by atoms with E-state index in [0.29, 0.717) is 28.8 Å². The molecule has 1 aromatic carbocycles. The smallest absolute Gasteiger partial charge is 0.336 e. The molecule has 0 saturated carbocycles. The predicted octanol–water partition coefficient (Wildman–Crippen LogP) is 1.94. The van der Waals surface area contributed by atoms with Gasteiger partial charge >= 0.3 is 5.63 Å². The van der Waals surface area contributed by atoms with Crippen molar-refractivity contribution >= 4 is 22.6 Å². The van der Waals surface area contributed by atoms with Gasteiger partial charge in [0.2, 0.25) is 0 Å². The number of hydrogen-bond donors (Lipinski definition) is 0. The van der Waals surface area contributed by atoms with Gasteiger partial charge in [0.25, 0.3) is 5.91 Å². The molecule has 5 nitrogen and oxygen atoms in total. The van der Waals surface area contributed by atoms with Crippen LogP contribution in [0.15, 0.2) is 33.5 Å². The van der Waals surface area contributed by atoms with E-state index in [1.54, 1.807) is 30.0 Å². The molecule has 2 heterocycles. The molecule has 0 fully saturated rings. The summed E-state index contributed by atoms with van der Waals surface area (Å²) in [5, 5.41) is 10.1. The fourth-order valence-corrected chi connectivity index (χ4v) is 2.79. The monoisotopic (exact) mass is 268 g/mol. The molecule has 0 bridgehead atoms. The number of carbonyl (C=O) groups is 1. The van der Waals surface area contributed by atoms with Crippen LogP contribution in [0.4, 0.5) is 5.69 Å². The Kier molecular flexibility index (Phi) is 2.45. The SMILES string of the molecule is CCN1C(=O)C(C)(C#N)c2c1ccc1oc(=O)ccc21. The zero-order valence-electron chi connectivity index (χ0n) is 11.1. The molecule has 5 heteroatoms. The molecule has 20 heavy (non-hydrogen) atoms. The van der Waals surface area contributed by atoms with E-state index in [-0.39, 0.29) is 5.91 Å². The first kappa shape index (κ1) is 12.4. The molecule has 1 aliphatic rings. The molecule has 0 radical (unpaired) electrons. The highest BCUT2D eigenvalue weighted by Crippen LogP contribution is 2.44. The number of nitriles is 1. The first-order chi connectivity index (χ1) is 9.52. The maximum absolute atomic E-state index is 12.5. The van der Waals surface area contributed by atoms with Crippen LogP contribution in [-0.2, 0) is 10.2 Å². The summed E-state index contributed by atoms with van der Waals surface area (Å²) in [6, 6.07) is 8.41. The van der Waals surface area contributed by atoms with Crippen LogP contribution in [0, 0.1) is 11.3 Å². The van der Waals surface area contributed by atoms with Gasteiger partial charge in [0.1, 0.15) is 5.58 Å². The Morgan fingerprint density at radius 3 is 2.70 bits per heavy atom. The predicted molar refractivity (Wildman–Crippen MR) is 73.5 cm³/mol. The van der Waals surface area contributed by atoms with Crippen LogP contribution < -0.4 is 10.5 Å². The summed E-state index contributed by atoms with van der Waals surface area (Å²) >= 11 is 0. The van der Waals surface area contributed by atoms with E-state index in [4.69, 9.17) is 4.42 Å². The number of fused-ring (bicyclic) bond motifs is 3. The quantitative estimate of drug-likeness (QED) is 0.741. The third-order valence-electron chi connectivity index (χ3n) is 3.78. The lowest BCUT2D eigenvalue weighted by Crippen LogP contribution is -2.37. The van der Waals surface area contributed by atoms with E-state index < -0.39 is 11.0 Å². The van der Waals surface area contributed by atoms with Crippen LogP contribution in [0.5, 0.6) is 0 Å². The van der Waals surface area contributed by atoms with E-state index in [9.17, 15) is 14.9 Å². The number of rotatable bonds is 1. The lowest BCUT2D eigenvalue weighted by molar-refractivity contribution is -0.120. The molecule has 0 aliphatic carbocycles. The number of anilines is 1. The number of amides is 1. The molecule has 0 N–H and O–H groups in total. The van der Waals surface area contributed by atoms with Crippen molar-refractivity contribution in [3.05, 3.63) is 40.2 Å². The number of carbonyl (C=O) groups excluding carboxylic acids is 1. The van der Waals surface area contributed by atoms with E-state index in [2.05, 4.69) is 6.07 Å². The van der Waals surface area contributed by atoms with E-state index in [1.165, 1.54) is 6.07 Å². The normalized spacial score (nSPS) is 21.1. The number of benzene rings is 1. The third kappa shape index (κ3) is 1.36. The van der Waals surface area contributed by atoms with E-state index >= 15 is 0 Å². The van der Waals surface area contributed by atoms with Crippen molar-refractivity contribution in [3.63, 3.8) is 0 Å². The van der Waals surface area contributed by atoms with Gasteiger partial charge < -0.3 is 9.32 Å². The van der Waals surface area contributed by atoms with Crippen LogP contribution in [0.3, 0.4) is 0 Å². The van der Waals surface area contributed by atoms with Crippen molar-refractivity contribution in [2.75, 3.05) is 11.4 Å². The van der Waals surface area contributed by atoms with Crippen molar-refractivity contribution in [2.24, 2.45) is 0 Å². The molecular weight excluding hydrogens is 256 g/mol. The minimum atomic E-state index is -1.25. The fraction of sp³-hybridized carbons (Fsp3) is 0.267. The maximum atomic E-state index is 12.5. The Bertz CT molecular complexity index is 831. The molecule has 1 atom stereocenters. The van der Waals surface area contributed by atoms with Gasteiger partial charge in [-0.1, -0.05) is 0 Å². The number of hydrogen-bond acceptors (Lipinski definition) is 4. The minimum absolute atomic E-state index is 0.240. The molecule has 1 amide bonds. The number of nitrogens with zero attached hydrogens (tertiary/aromatic N) is 2. The molecule has 3 rings (SSSR count). The van der Waals surface area contributed by atoms with Gasteiger partial charge in [-0.25, -0.2) is 4.79 Å². The Hall–Kier alpha value is -2.61. The standard InChI is InChI=1S/C15H12N2O3/c1-3-17-10-5-6-11-9(4-7-12(18)20-11)13(10)15(2,8-16)14(17)19/h4-7H,3H2,1-2H3. The highest BCUT2D eigenvalue weighted by atomic mass is 16.4. The summed E-state index contributed by atoms with van der Waals surface area (Å²) in [6.07, 6.45) is 0. The van der Waals surface area contributed by atoms with E-state index in [1.807, 2.05) is 6.92 Å². The summed E-state index contributed by atoms with van der Waals surface area (Å²) in [7, 11) is 0. The van der Waals surface area contributed by atoms with Crippen molar-refractivity contribution in [1.29, 1.82) is 5.26 Å². The Labute approximate surface area is 115 Å². The van der Waals surface area contributed by atoms with Crippen LogP contribution >= 0.6 is 0 Å². The number of likely N-dealkylation sites (N-methyl/N-ethyl adjacent to an activating group) is 1. The van der Waals surface area contributed by atoms with Crippen molar-refractivity contribution in [3.8, 4) is 6.07 Å². The lowest BCUT2D eigenvalue weighted by atomic mass is 9.83. The zero-order valence-corrected chi connectivity index (χ0v) is 11.1. The average Bonchev–Trinajstić information content (AvgIpc) is 2.68. The van der Waals surface area contributed by atoms with Gasteiger partial charge in [0.15, 0.2) is 5.41 Å². The molecule has 2 aromatic rings. The molecule has 1 aromatic heterocycles. The second kappa shape index (κ2) is 3.94. The van der Waals surface area contributed by atoms with Gasteiger partial charge in [-0.05, 0) is 32.0 Å². The lowest BCUT2D eigenvalue weighted by Gasteiger charge is -2.16. The first-order valence-corrected chi connectivity index (χ1v) is 6.33. The highest BCUT2D eigenvalue weighted by Gasteiger charge is 2.48. The molecular formula is C15H12N2O3. The molecule has 1 unspecified atom stereocenters. The first-order valence-electron chi connectivity index (χ1n) is 6.33.